The van der Waals surface area contributed by atoms with Gasteiger partial charge in [-0.15, -0.1) is 0 Å². The van der Waals surface area contributed by atoms with Crippen LogP contribution in [0.5, 0.6) is 0 Å². The van der Waals surface area contributed by atoms with Crippen LogP contribution in [0.1, 0.15) is 45.4 Å². The topological polar surface area (TPSA) is 125 Å². The first-order valence-corrected chi connectivity index (χ1v) is 12.4. The molecule has 4 aromatic rings. The summed E-state index contributed by atoms with van der Waals surface area (Å²) < 4.78 is 27.7. The normalized spacial score (nSPS) is 20.0. The summed E-state index contributed by atoms with van der Waals surface area (Å²) in [5.74, 6) is 1.62. The van der Waals surface area contributed by atoms with Gasteiger partial charge in [0.25, 0.3) is 6.43 Å². The molecule has 0 saturated heterocycles. The molecule has 0 aliphatic heterocycles. The molecule has 0 aromatic carbocycles. The molecule has 0 bridgehead atoms. The van der Waals surface area contributed by atoms with E-state index in [2.05, 4.69) is 37.8 Å². The Labute approximate surface area is 212 Å². The number of rotatable bonds is 7. The number of aryl methyl sites for hydroxylation is 1. The summed E-state index contributed by atoms with van der Waals surface area (Å²) in [4.78, 5) is 33.2. The summed E-state index contributed by atoms with van der Waals surface area (Å²) in [6.45, 7) is 4.87. The van der Waals surface area contributed by atoms with Crippen LogP contribution in [0.25, 0.3) is 33.5 Å². The van der Waals surface area contributed by atoms with Crippen LogP contribution in [0.4, 0.5) is 20.5 Å². The molecule has 0 spiro atoms. The fraction of sp³-hybridized carbons (Fsp3) is 0.480. The first kappa shape index (κ1) is 24.8. The van der Waals surface area contributed by atoms with Gasteiger partial charge in [0.15, 0.2) is 5.65 Å². The second-order valence-electron chi connectivity index (χ2n) is 9.93. The summed E-state index contributed by atoms with van der Waals surface area (Å²) in [6, 6.07) is 3.81. The third-order valence-electron chi connectivity index (χ3n) is 7.05. The molecule has 4 N–H and O–H groups in total. The molecule has 12 heteroatoms. The Hall–Kier alpha value is -3.83. The van der Waals surface area contributed by atoms with Gasteiger partial charge in [0, 0.05) is 37.3 Å². The van der Waals surface area contributed by atoms with Crippen molar-refractivity contribution in [3.8, 4) is 11.3 Å². The molecule has 0 unspecified atom stereocenters. The predicted octanol–water partition coefficient (Wildman–Crippen LogP) is 4.23. The number of alkyl halides is 2. The van der Waals surface area contributed by atoms with E-state index in [9.17, 15) is 13.6 Å². The number of carbonyl (C=O) groups excluding carboxylic acids is 1. The van der Waals surface area contributed by atoms with E-state index in [1.165, 1.54) is 4.57 Å². The molecule has 5 rings (SSSR count). The maximum Gasteiger partial charge on any atom is 0.256 e. The first-order chi connectivity index (χ1) is 17.7. The Bertz CT molecular complexity index is 1450. The number of pyridine rings is 1. The van der Waals surface area contributed by atoms with Crippen molar-refractivity contribution < 1.29 is 13.6 Å². The van der Waals surface area contributed by atoms with Crippen molar-refractivity contribution in [3.63, 3.8) is 0 Å². The molecule has 196 valence electrons. The molecule has 10 nitrogen and oxygen atoms in total. The van der Waals surface area contributed by atoms with E-state index in [0.29, 0.717) is 40.1 Å². The molecular weight excluding hydrogens is 480 g/mol. The highest BCUT2D eigenvalue weighted by Gasteiger charge is 2.32. The molecule has 37 heavy (non-hydrogen) atoms. The number of nitrogens with zero attached hydrogens (tertiary/aromatic N) is 5. The average Bonchev–Trinajstić information content (AvgIpc) is 3.40. The molecule has 4 heterocycles. The van der Waals surface area contributed by atoms with Crippen LogP contribution >= 0.6 is 0 Å². The van der Waals surface area contributed by atoms with Crippen molar-refractivity contribution in [2.75, 3.05) is 17.7 Å². The number of H-pyrrole nitrogens is 1. The zero-order chi connectivity index (χ0) is 26.3. The SMILES string of the molecule is CNc1nc(N[C@H]2CC[C@@](C)(NC(C)=O)CC2)nc2[nH]cc(-c3ccc4nc(C)n(CC(F)F)c4n3)c12. The molecule has 0 radical (unpaired) electrons. The van der Waals surface area contributed by atoms with Crippen LogP contribution in [-0.2, 0) is 11.3 Å². The smallest absolute Gasteiger partial charge is 0.256 e. The zero-order valence-corrected chi connectivity index (χ0v) is 21.3. The van der Waals surface area contributed by atoms with Gasteiger partial charge in [-0.2, -0.15) is 9.97 Å². The largest absolute Gasteiger partial charge is 0.372 e. The lowest BCUT2D eigenvalue weighted by atomic mass is 9.81. The number of fused-ring (bicyclic) bond motifs is 2. The molecule has 1 aliphatic carbocycles. The number of aromatic nitrogens is 6. The molecular formula is C25H31F2N9O. The average molecular weight is 512 g/mol. The van der Waals surface area contributed by atoms with Gasteiger partial charge in [0.2, 0.25) is 11.9 Å². The fourth-order valence-electron chi connectivity index (χ4n) is 5.23. The Balaban J connectivity index is 1.43. The monoisotopic (exact) mass is 511 g/mol. The second-order valence-corrected chi connectivity index (χ2v) is 9.93. The zero-order valence-electron chi connectivity index (χ0n) is 21.3. The highest BCUT2D eigenvalue weighted by atomic mass is 19.3. The number of nitrogens with one attached hydrogen (secondary N) is 4. The minimum Gasteiger partial charge on any atom is -0.372 e. The van der Waals surface area contributed by atoms with Crippen LogP contribution in [0.15, 0.2) is 18.3 Å². The van der Waals surface area contributed by atoms with Gasteiger partial charge in [-0.25, -0.2) is 18.7 Å². The number of anilines is 2. The molecule has 1 fully saturated rings. The van der Waals surface area contributed by atoms with E-state index in [1.807, 2.05) is 6.07 Å². The molecule has 4 aromatic heterocycles. The highest BCUT2D eigenvalue weighted by molar-refractivity contribution is 6.01. The van der Waals surface area contributed by atoms with Crippen molar-refractivity contribution in [3.05, 3.63) is 24.2 Å². The maximum absolute atomic E-state index is 13.2. The van der Waals surface area contributed by atoms with E-state index in [0.717, 1.165) is 36.6 Å². The van der Waals surface area contributed by atoms with E-state index >= 15 is 0 Å². The Morgan fingerprint density at radius 1 is 1.22 bits per heavy atom. The standard InChI is InChI=1S/C25H31F2N9O/c1-13-30-18-6-5-17(32-23(18)36(13)12-19(26)27)16-11-29-22-20(16)21(28-4)33-24(34-22)31-15-7-9-25(3,10-8-15)35-14(2)37/h5-6,11,15,19H,7-10,12H2,1-4H3,(H,35,37)(H3,28,29,31,33,34)/t15-,25+. The van der Waals surface area contributed by atoms with Gasteiger partial charge in [-0.3, -0.25) is 4.79 Å². The molecule has 0 atom stereocenters. The number of imidazole rings is 1. The molecule has 1 saturated carbocycles. The van der Waals surface area contributed by atoms with Crippen LogP contribution in [0.3, 0.4) is 0 Å². The van der Waals surface area contributed by atoms with E-state index in [4.69, 9.17) is 9.97 Å². The van der Waals surface area contributed by atoms with Crippen LogP contribution in [0, 0.1) is 6.92 Å². The first-order valence-electron chi connectivity index (χ1n) is 12.4. The number of aromatic amines is 1. The van der Waals surface area contributed by atoms with E-state index in [-0.39, 0.29) is 17.5 Å². The van der Waals surface area contributed by atoms with Gasteiger partial charge in [-0.1, -0.05) is 0 Å². The van der Waals surface area contributed by atoms with Crippen LogP contribution in [-0.4, -0.2) is 60.4 Å². The Morgan fingerprint density at radius 3 is 2.65 bits per heavy atom. The molecule has 1 aliphatic rings. The van der Waals surface area contributed by atoms with E-state index in [1.54, 1.807) is 33.2 Å². The van der Waals surface area contributed by atoms with Crippen LogP contribution < -0.4 is 16.0 Å². The number of halogens is 2. The van der Waals surface area contributed by atoms with Crippen molar-refractivity contribution in [2.45, 2.75) is 71.0 Å². The lowest BCUT2D eigenvalue weighted by molar-refractivity contribution is -0.121. The third kappa shape index (κ3) is 4.92. The highest BCUT2D eigenvalue weighted by Crippen LogP contribution is 2.34. The van der Waals surface area contributed by atoms with Crippen molar-refractivity contribution >= 4 is 39.9 Å². The van der Waals surface area contributed by atoms with Crippen molar-refractivity contribution in [1.29, 1.82) is 0 Å². The van der Waals surface area contributed by atoms with Crippen LogP contribution in [0.2, 0.25) is 0 Å². The minimum absolute atomic E-state index is 0.00819. The summed E-state index contributed by atoms with van der Waals surface area (Å²) in [5, 5.41) is 10.4. The lowest BCUT2D eigenvalue weighted by Gasteiger charge is -2.38. The summed E-state index contributed by atoms with van der Waals surface area (Å²) in [6.07, 6.45) is 2.81. The van der Waals surface area contributed by atoms with Gasteiger partial charge >= 0.3 is 0 Å². The number of amides is 1. The van der Waals surface area contributed by atoms with Gasteiger partial charge in [0.1, 0.15) is 22.8 Å². The summed E-state index contributed by atoms with van der Waals surface area (Å²) in [5.41, 5.74) is 2.81. The maximum atomic E-state index is 13.2. The summed E-state index contributed by atoms with van der Waals surface area (Å²) >= 11 is 0. The number of hydrogen-bond donors (Lipinski definition) is 4. The lowest BCUT2D eigenvalue weighted by Crippen LogP contribution is -2.49. The third-order valence-corrected chi connectivity index (χ3v) is 7.05. The van der Waals surface area contributed by atoms with E-state index < -0.39 is 13.0 Å². The number of carbonyl (C=O) groups is 1. The minimum atomic E-state index is -2.51. The predicted molar refractivity (Wildman–Crippen MR) is 139 cm³/mol. The molecule has 1 amide bonds. The second kappa shape index (κ2) is 9.56. The van der Waals surface area contributed by atoms with Crippen molar-refractivity contribution in [2.24, 2.45) is 0 Å². The fourth-order valence-corrected chi connectivity index (χ4v) is 5.23. The number of hydrogen-bond acceptors (Lipinski definition) is 7. The quantitative estimate of drug-likeness (QED) is 0.293. The van der Waals surface area contributed by atoms with Crippen molar-refractivity contribution in [1.82, 2.24) is 34.8 Å². The Morgan fingerprint density at radius 2 is 1.97 bits per heavy atom. The Kier molecular flexibility index (Phi) is 6.42. The summed E-state index contributed by atoms with van der Waals surface area (Å²) in [7, 11) is 1.79. The van der Waals surface area contributed by atoms with Gasteiger partial charge < -0.3 is 25.5 Å². The van der Waals surface area contributed by atoms with Gasteiger partial charge in [-0.05, 0) is 51.7 Å². The van der Waals surface area contributed by atoms with Gasteiger partial charge in [0.05, 0.1) is 17.6 Å².